The van der Waals surface area contributed by atoms with Gasteiger partial charge in [0.1, 0.15) is 0 Å². The highest BCUT2D eigenvalue weighted by Gasteiger charge is 2.19. The highest BCUT2D eigenvalue weighted by molar-refractivity contribution is 6.23. The maximum Gasteiger partial charge on any atom is -0.00201 e. The van der Waals surface area contributed by atoms with E-state index in [-0.39, 0.29) is 0 Å². The van der Waals surface area contributed by atoms with Gasteiger partial charge in [0.25, 0.3) is 0 Å². The van der Waals surface area contributed by atoms with E-state index < -0.39 is 0 Å². The highest BCUT2D eigenvalue weighted by Crippen LogP contribution is 2.46. The lowest BCUT2D eigenvalue weighted by Crippen LogP contribution is -1.99. The summed E-state index contributed by atoms with van der Waals surface area (Å²) in [5.74, 6) is 0. The fourth-order valence-electron chi connectivity index (χ4n) is 7.34. The summed E-state index contributed by atoms with van der Waals surface area (Å²) in [4.78, 5) is 0. The van der Waals surface area contributed by atoms with Crippen LogP contribution in [0.3, 0.4) is 0 Å². The van der Waals surface area contributed by atoms with Crippen molar-refractivity contribution in [3.8, 4) is 22.3 Å². The zero-order chi connectivity index (χ0) is 31.0. The first-order valence-electron chi connectivity index (χ1n) is 16.0. The Morgan fingerprint density at radius 2 is 1.22 bits per heavy atom. The Bertz CT molecular complexity index is 2340. The number of hydrogen-bond donors (Lipinski definition) is 0. The summed E-state index contributed by atoms with van der Waals surface area (Å²) >= 11 is 0. The number of allylic oxidation sites excluding steroid dienone is 5. The van der Waals surface area contributed by atoms with E-state index in [9.17, 15) is 0 Å². The number of hydrogen-bond acceptors (Lipinski definition) is 0. The van der Waals surface area contributed by atoms with Crippen LogP contribution in [0, 0.1) is 0 Å². The van der Waals surface area contributed by atoms with E-state index in [4.69, 9.17) is 0 Å². The Kier molecular flexibility index (Phi) is 7.04. The second kappa shape index (κ2) is 11.7. The summed E-state index contributed by atoms with van der Waals surface area (Å²) in [5, 5.41) is 7.50. The van der Waals surface area contributed by atoms with Crippen LogP contribution in [0.2, 0.25) is 0 Å². The molecule has 0 saturated carbocycles. The van der Waals surface area contributed by atoms with Crippen molar-refractivity contribution >= 4 is 49.5 Å². The Morgan fingerprint density at radius 1 is 0.543 bits per heavy atom. The molecule has 0 amide bonds. The summed E-state index contributed by atoms with van der Waals surface area (Å²) in [6.45, 7) is 7.98. The Morgan fingerprint density at radius 3 is 1.96 bits per heavy atom. The summed E-state index contributed by atoms with van der Waals surface area (Å²) < 4.78 is 0. The van der Waals surface area contributed by atoms with Crippen LogP contribution >= 0.6 is 0 Å². The second-order valence-electron chi connectivity index (χ2n) is 12.1. The van der Waals surface area contributed by atoms with Crippen LogP contribution in [0.4, 0.5) is 0 Å². The van der Waals surface area contributed by atoms with Gasteiger partial charge in [-0.05, 0) is 113 Å². The number of rotatable bonds is 6. The van der Waals surface area contributed by atoms with E-state index in [1.54, 1.807) is 0 Å². The topological polar surface area (TPSA) is 0 Å². The zero-order valence-corrected chi connectivity index (χ0v) is 25.8. The molecule has 7 aromatic rings. The third kappa shape index (κ3) is 4.71. The summed E-state index contributed by atoms with van der Waals surface area (Å²) in [7, 11) is 0. The van der Waals surface area contributed by atoms with E-state index in [2.05, 4.69) is 153 Å². The molecule has 1 aliphatic carbocycles. The monoisotopic (exact) mass is 586 g/mol. The average molecular weight is 587 g/mol. The molecule has 0 unspecified atom stereocenters. The fraction of sp³-hybridized carbons (Fsp3) is 0.0435. The minimum Gasteiger partial charge on any atom is -0.0990 e. The van der Waals surface area contributed by atoms with Crippen LogP contribution in [-0.4, -0.2) is 0 Å². The van der Waals surface area contributed by atoms with Crippen LogP contribution in [0.25, 0.3) is 71.8 Å². The molecule has 0 atom stereocenters. The molecular formula is C46H34. The van der Waals surface area contributed by atoms with Crippen LogP contribution < -0.4 is 0 Å². The first-order chi connectivity index (χ1) is 22.7. The molecule has 0 fully saturated rings. The van der Waals surface area contributed by atoms with Crippen molar-refractivity contribution < 1.29 is 0 Å². The molecule has 218 valence electrons. The van der Waals surface area contributed by atoms with Gasteiger partial charge in [-0.1, -0.05) is 159 Å². The average Bonchev–Trinajstić information content (AvgIpc) is 3.12. The van der Waals surface area contributed by atoms with Gasteiger partial charge in [-0.3, -0.25) is 0 Å². The van der Waals surface area contributed by atoms with E-state index in [1.807, 2.05) is 18.2 Å². The van der Waals surface area contributed by atoms with E-state index in [0.717, 1.165) is 24.0 Å². The standard InChI is InChI=1S/C46H34/c1-3-13-31(4-2)37-27-25-33-16-12-23-43(44(33)30-37)46-41-21-9-7-19-39(41)45(40-20-8-10-22-42(40)46)38-18-11-17-35(29-38)36-26-24-32-14-5-6-15-34(32)28-36/h3-23,25,27-30H,1-2,24,26H2/b31-13+. The summed E-state index contributed by atoms with van der Waals surface area (Å²) in [6, 6.07) is 49.2. The zero-order valence-electron chi connectivity index (χ0n) is 25.8. The molecule has 0 heteroatoms. The lowest BCUT2D eigenvalue weighted by atomic mass is 9.83. The lowest BCUT2D eigenvalue weighted by molar-refractivity contribution is 1.00. The third-order valence-electron chi connectivity index (χ3n) is 9.50. The smallest absolute Gasteiger partial charge is 0.00201 e. The van der Waals surface area contributed by atoms with Gasteiger partial charge in [-0.25, -0.2) is 0 Å². The summed E-state index contributed by atoms with van der Waals surface area (Å²) in [6.07, 6.45) is 10.3. The molecule has 0 nitrogen and oxygen atoms in total. The molecule has 1 aliphatic rings. The van der Waals surface area contributed by atoms with Crippen molar-refractivity contribution in [1.82, 2.24) is 0 Å². The molecule has 8 rings (SSSR count). The van der Waals surface area contributed by atoms with E-state index in [0.29, 0.717) is 0 Å². The lowest BCUT2D eigenvalue weighted by Gasteiger charge is -2.20. The molecule has 7 aromatic carbocycles. The predicted octanol–water partition coefficient (Wildman–Crippen LogP) is 12.7. The molecule has 0 saturated heterocycles. The molecule has 0 bridgehead atoms. The van der Waals surface area contributed by atoms with Crippen LogP contribution in [0.15, 0.2) is 165 Å². The van der Waals surface area contributed by atoms with Crippen molar-refractivity contribution in [2.45, 2.75) is 12.8 Å². The number of fused-ring (bicyclic) bond motifs is 4. The van der Waals surface area contributed by atoms with Crippen molar-refractivity contribution in [3.63, 3.8) is 0 Å². The largest absolute Gasteiger partial charge is 0.0990 e. The van der Waals surface area contributed by atoms with E-state index >= 15 is 0 Å². The van der Waals surface area contributed by atoms with E-state index in [1.165, 1.54) is 76.8 Å². The Balaban J connectivity index is 1.38. The van der Waals surface area contributed by atoms with Gasteiger partial charge in [0.05, 0.1) is 0 Å². The summed E-state index contributed by atoms with van der Waals surface area (Å²) in [5.41, 5.74) is 12.7. The maximum atomic E-state index is 4.06. The predicted molar refractivity (Wildman–Crippen MR) is 201 cm³/mol. The number of aryl methyl sites for hydroxylation is 1. The van der Waals surface area contributed by atoms with Crippen molar-refractivity contribution in [2.24, 2.45) is 0 Å². The van der Waals surface area contributed by atoms with Crippen LogP contribution in [0.5, 0.6) is 0 Å². The molecule has 0 aliphatic heterocycles. The van der Waals surface area contributed by atoms with Gasteiger partial charge in [0.2, 0.25) is 0 Å². The molecule has 46 heavy (non-hydrogen) atoms. The normalized spacial score (nSPS) is 13.0. The van der Waals surface area contributed by atoms with Crippen molar-refractivity contribution in [2.75, 3.05) is 0 Å². The minimum absolute atomic E-state index is 1.06. The first kappa shape index (κ1) is 27.8. The molecule has 0 spiro atoms. The fourth-order valence-corrected chi connectivity index (χ4v) is 7.34. The van der Waals surface area contributed by atoms with Gasteiger partial charge >= 0.3 is 0 Å². The molecule has 0 N–H and O–H groups in total. The minimum atomic E-state index is 1.06. The van der Waals surface area contributed by atoms with Crippen molar-refractivity contribution in [3.05, 3.63) is 187 Å². The SMILES string of the molecule is C=C/C=C(\C=C)c1ccc2cccc(-c3c4ccccc4c(-c4cccc(C5=Cc6ccccc6CC5)c4)c4ccccc34)c2c1. The third-order valence-corrected chi connectivity index (χ3v) is 9.50. The number of benzene rings is 7. The first-order valence-corrected chi connectivity index (χ1v) is 16.0. The van der Waals surface area contributed by atoms with Crippen LogP contribution in [0.1, 0.15) is 28.7 Å². The van der Waals surface area contributed by atoms with Gasteiger partial charge in [-0.15, -0.1) is 0 Å². The highest BCUT2D eigenvalue weighted by atomic mass is 14.2. The van der Waals surface area contributed by atoms with Gasteiger partial charge in [-0.2, -0.15) is 0 Å². The van der Waals surface area contributed by atoms with Gasteiger partial charge in [0, 0.05) is 0 Å². The second-order valence-corrected chi connectivity index (χ2v) is 12.1. The molecule has 0 radical (unpaired) electrons. The van der Waals surface area contributed by atoms with Gasteiger partial charge in [0.15, 0.2) is 0 Å². The van der Waals surface area contributed by atoms with Crippen molar-refractivity contribution in [1.29, 1.82) is 0 Å². The Hall–Kier alpha value is -5.72. The molecular weight excluding hydrogens is 553 g/mol. The molecule has 0 aromatic heterocycles. The Labute approximate surface area is 271 Å². The maximum absolute atomic E-state index is 4.06. The molecule has 0 heterocycles. The quantitative estimate of drug-likeness (QED) is 0.134. The van der Waals surface area contributed by atoms with Gasteiger partial charge < -0.3 is 0 Å². The van der Waals surface area contributed by atoms with Crippen LogP contribution in [-0.2, 0) is 6.42 Å².